The molecule has 1 aromatic heterocycles. The molecule has 0 amide bonds. The number of fused-ring (bicyclic) bond motifs is 1. The van der Waals surface area contributed by atoms with Crippen LogP contribution in [0.25, 0.3) is 10.9 Å². The van der Waals surface area contributed by atoms with Crippen LogP contribution in [0.2, 0.25) is 0 Å². The molecule has 0 aliphatic carbocycles. The minimum Gasteiger partial charge on any atom is -0.378 e. The molecule has 1 saturated heterocycles. The van der Waals surface area contributed by atoms with E-state index in [4.69, 9.17) is 4.74 Å². The average Bonchev–Trinajstić information content (AvgIpc) is 2.65. The van der Waals surface area contributed by atoms with Gasteiger partial charge in [-0.1, -0.05) is 12.1 Å². The van der Waals surface area contributed by atoms with Crippen LogP contribution in [-0.2, 0) is 4.74 Å². The highest BCUT2D eigenvalue weighted by atomic mass is 19.2. The van der Waals surface area contributed by atoms with Gasteiger partial charge in [-0.25, -0.2) is 13.8 Å². The van der Waals surface area contributed by atoms with Gasteiger partial charge in [0.05, 0.1) is 18.7 Å². The van der Waals surface area contributed by atoms with Crippen LogP contribution < -0.4 is 10.2 Å². The molecule has 0 spiro atoms. The molecule has 0 saturated carbocycles. The molecule has 0 radical (unpaired) electrons. The molecule has 0 bridgehead atoms. The second kappa shape index (κ2) is 6.60. The van der Waals surface area contributed by atoms with E-state index >= 15 is 0 Å². The molecule has 25 heavy (non-hydrogen) atoms. The summed E-state index contributed by atoms with van der Waals surface area (Å²) in [5.74, 6) is -0.644. The fourth-order valence-electron chi connectivity index (χ4n) is 2.78. The molecular formula is C18H16F2N4O. The number of hydrogen-bond acceptors (Lipinski definition) is 5. The topological polar surface area (TPSA) is 50.3 Å². The third-order valence-electron chi connectivity index (χ3n) is 4.07. The smallest absolute Gasteiger partial charge is 0.228 e. The number of nitrogens with zero attached hydrogens (tertiary/aromatic N) is 3. The first kappa shape index (κ1) is 15.7. The van der Waals surface area contributed by atoms with Crippen LogP contribution in [0.4, 0.5) is 26.2 Å². The first-order valence-corrected chi connectivity index (χ1v) is 8.02. The molecule has 3 aromatic rings. The van der Waals surface area contributed by atoms with Gasteiger partial charge in [0.15, 0.2) is 11.6 Å². The Morgan fingerprint density at radius 3 is 2.56 bits per heavy atom. The lowest BCUT2D eigenvalue weighted by atomic mass is 10.2. The maximum absolute atomic E-state index is 13.5. The molecule has 7 heteroatoms. The van der Waals surface area contributed by atoms with Gasteiger partial charge < -0.3 is 15.0 Å². The lowest BCUT2D eigenvalue weighted by Crippen LogP contribution is -2.37. The minimum atomic E-state index is -0.906. The summed E-state index contributed by atoms with van der Waals surface area (Å²) in [7, 11) is 0. The van der Waals surface area contributed by atoms with Crippen molar-refractivity contribution in [1.82, 2.24) is 9.97 Å². The van der Waals surface area contributed by atoms with E-state index < -0.39 is 11.6 Å². The van der Waals surface area contributed by atoms with Gasteiger partial charge in [0.1, 0.15) is 5.82 Å². The zero-order valence-electron chi connectivity index (χ0n) is 13.4. The van der Waals surface area contributed by atoms with Crippen molar-refractivity contribution in [3.05, 3.63) is 54.1 Å². The number of ether oxygens (including phenoxy) is 1. The summed E-state index contributed by atoms with van der Waals surface area (Å²) in [6, 6.07) is 11.3. The Kier molecular flexibility index (Phi) is 4.15. The lowest BCUT2D eigenvalue weighted by molar-refractivity contribution is 0.122. The zero-order valence-corrected chi connectivity index (χ0v) is 13.4. The van der Waals surface area contributed by atoms with Gasteiger partial charge >= 0.3 is 0 Å². The maximum atomic E-state index is 13.5. The zero-order chi connectivity index (χ0) is 17.2. The molecule has 1 aliphatic heterocycles. The van der Waals surface area contributed by atoms with Crippen molar-refractivity contribution in [2.24, 2.45) is 0 Å². The lowest BCUT2D eigenvalue weighted by Gasteiger charge is -2.27. The Balaban J connectivity index is 1.76. The van der Waals surface area contributed by atoms with Gasteiger partial charge in [0.2, 0.25) is 5.95 Å². The predicted octanol–water partition coefficient (Wildman–Crippen LogP) is 3.49. The summed E-state index contributed by atoms with van der Waals surface area (Å²) in [6.07, 6.45) is 0. The van der Waals surface area contributed by atoms with E-state index in [1.807, 2.05) is 29.2 Å². The summed E-state index contributed by atoms with van der Waals surface area (Å²) in [5, 5.41) is 3.89. The van der Waals surface area contributed by atoms with Crippen molar-refractivity contribution in [3.8, 4) is 0 Å². The number of hydrogen-bond donors (Lipinski definition) is 1. The second-order valence-corrected chi connectivity index (χ2v) is 5.74. The summed E-state index contributed by atoms with van der Waals surface area (Å²) >= 11 is 0. The standard InChI is InChI=1S/C18H16F2N4O/c19-14-6-5-12(11-15(14)20)21-17-13-3-1-2-4-16(13)22-18(23-17)24-7-9-25-10-8-24/h1-6,11H,7-10H2,(H,21,22,23). The van der Waals surface area contributed by atoms with Gasteiger partial charge in [0, 0.05) is 30.2 Å². The number of halogens is 2. The Hall–Kier alpha value is -2.80. The van der Waals surface area contributed by atoms with E-state index in [-0.39, 0.29) is 0 Å². The highest BCUT2D eigenvalue weighted by molar-refractivity contribution is 5.91. The number of para-hydroxylation sites is 1. The molecule has 1 aliphatic rings. The average molecular weight is 342 g/mol. The van der Waals surface area contributed by atoms with Crippen LogP contribution >= 0.6 is 0 Å². The van der Waals surface area contributed by atoms with Crippen molar-refractivity contribution < 1.29 is 13.5 Å². The van der Waals surface area contributed by atoms with Crippen molar-refractivity contribution in [3.63, 3.8) is 0 Å². The van der Waals surface area contributed by atoms with E-state index in [0.29, 0.717) is 43.8 Å². The van der Waals surface area contributed by atoms with Gasteiger partial charge in [-0.15, -0.1) is 0 Å². The number of rotatable bonds is 3. The maximum Gasteiger partial charge on any atom is 0.228 e. The Morgan fingerprint density at radius 2 is 1.76 bits per heavy atom. The second-order valence-electron chi connectivity index (χ2n) is 5.74. The van der Waals surface area contributed by atoms with E-state index in [9.17, 15) is 8.78 Å². The molecule has 4 rings (SSSR count). The van der Waals surface area contributed by atoms with E-state index in [1.165, 1.54) is 6.07 Å². The third-order valence-corrected chi connectivity index (χ3v) is 4.07. The molecule has 5 nitrogen and oxygen atoms in total. The van der Waals surface area contributed by atoms with E-state index in [0.717, 1.165) is 23.0 Å². The highest BCUT2D eigenvalue weighted by Crippen LogP contribution is 2.27. The summed E-state index contributed by atoms with van der Waals surface area (Å²) < 4.78 is 32.0. The predicted molar refractivity (Wildman–Crippen MR) is 92.2 cm³/mol. The highest BCUT2D eigenvalue weighted by Gasteiger charge is 2.17. The largest absolute Gasteiger partial charge is 0.378 e. The fraction of sp³-hybridized carbons (Fsp3) is 0.222. The van der Waals surface area contributed by atoms with Crippen molar-refractivity contribution >= 4 is 28.4 Å². The summed E-state index contributed by atoms with van der Waals surface area (Å²) in [4.78, 5) is 11.3. The minimum absolute atomic E-state index is 0.427. The molecule has 2 aromatic carbocycles. The first-order chi connectivity index (χ1) is 12.2. The van der Waals surface area contributed by atoms with Crippen LogP contribution in [-0.4, -0.2) is 36.3 Å². The van der Waals surface area contributed by atoms with Crippen LogP contribution in [0, 0.1) is 11.6 Å². The van der Waals surface area contributed by atoms with Gasteiger partial charge in [-0.3, -0.25) is 0 Å². The SMILES string of the molecule is Fc1ccc(Nc2nc(N3CCOCC3)nc3ccccc23)cc1F. The normalized spacial score (nSPS) is 14.7. The Morgan fingerprint density at radius 1 is 0.960 bits per heavy atom. The molecule has 0 unspecified atom stereocenters. The third kappa shape index (κ3) is 3.23. The van der Waals surface area contributed by atoms with Crippen LogP contribution in [0.15, 0.2) is 42.5 Å². The van der Waals surface area contributed by atoms with E-state index in [2.05, 4.69) is 15.3 Å². The summed E-state index contributed by atoms with van der Waals surface area (Å²) in [5.41, 5.74) is 1.21. The molecule has 0 atom stereocenters. The van der Waals surface area contributed by atoms with Crippen LogP contribution in [0.1, 0.15) is 0 Å². The number of morpholine rings is 1. The van der Waals surface area contributed by atoms with Gasteiger partial charge in [0.25, 0.3) is 0 Å². The number of anilines is 3. The van der Waals surface area contributed by atoms with Gasteiger partial charge in [-0.2, -0.15) is 4.98 Å². The molecule has 128 valence electrons. The van der Waals surface area contributed by atoms with E-state index in [1.54, 1.807) is 0 Å². The van der Waals surface area contributed by atoms with Gasteiger partial charge in [-0.05, 0) is 24.3 Å². The quantitative estimate of drug-likeness (QED) is 0.790. The molecule has 1 N–H and O–H groups in total. The van der Waals surface area contributed by atoms with Crippen molar-refractivity contribution in [2.75, 3.05) is 36.5 Å². The van der Waals surface area contributed by atoms with Crippen molar-refractivity contribution in [1.29, 1.82) is 0 Å². The number of benzene rings is 2. The van der Waals surface area contributed by atoms with Crippen LogP contribution in [0.3, 0.4) is 0 Å². The monoisotopic (exact) mass is 342 g/mol. The molecule has 2 heterocycles. The molecular weight excluding hydrogens is 326 g/mol. The summed E-state index contributed by atoms with van der Waals surface area (Å²) in [6.45, 7) is 2.68. The molecule has 1 fully saturated rings. The Labute approximate surface area is 143 Å². The Bertz CT molecular complexity index is 913. The van der Waals surface area contributed by atoms with Crippen LogP contribution in [0.5, 0.6) is 0 Å². The number of aromatic nitrogens is 2. The first-order valence-electron chi connectivity index (χ1n) is 8.02. The fourth-order valence-corrected chi connectivity index (χ4v) is 2.78. The van der Waals surface area contributed by atoms with Crippen molar-refractivity contribution in [2.45, 2.75) is 0 Å². The number of nitrogens with one attached hydrogen (secondary N) is 1.